The van der Waals surface area contributed by atoms with Gasteiger partial charge in [0.15, 0.2) is 6.61 Å². The number of hydrogen-bond donors (Lipinski definition) is 3. The zero-order chi connectivity index (χ0) is 29.3. The van der Waals surface area contributed by atoms with Gasteiger partial charge in [-0.3, -0.25) is 9.59 Å². The first kappa shape index (κ1) is 26.9. The van der Waals surface area contributed by atoms with E-state index in [1.807, 2.05) is 84.6 Å². The first-order valence-electron chi connectivity index (χ1n) is 15.0. The molecule has 3 N–H and O–H groups in total. The van der Waals surface area contributed by atoms with Crippen LogP contribution in [0.25, 0.3) is 0 Å². The summed E-state index contributed by atoms with van der Waals surface area (Å²) in [5.74, 6) is 0.462. The third kappa shape index (κ3) is 5.60. The molecule has 7 rings (SSSR count). The molecule has 8 nitrogen and oxygen atoms in total. The number of hydrogen-bond acceptors (Lipinski definition) is 6. The van der Waals surface area contributed by atoms with Crippen molar-refractivity contribution < 1.29 is 14.3 Å². The molecule has 1 unspecified atom stereocenters. The molecule has 3 aliphatic heterocycles. The van der Waals surface area contributed by atoms with Crippen molar-refractivity contribution >= 4 is 40.3 Å². The van der Waals surface area contributed by atoms with Crippen LogP contribution >= 0.6 is 0 Å². The van der Waals surface area contributed by atoms with Gasteiger partial charge in [0, 0.05) is 35.7 Å². The van der Waals surface area contributed by atoms with Crippen molar-refractivity contribution in [3.05, 3.63) is 107 Å². The maximum Gasteiger partial charge on any atom is 0.262 e. The lowest BCUT2D eigenvalue weighted by molar-refractivity contribution is -0.118. The highest BCUT2D eigenvalue weighted by Crippen LogP contribution is 2.40. The van der Waals surface area contributed by atoms with E-state index >= 15 is 0 Å². The van der Waals surface area contributed by atoms with Gasteiger partial charge in [-0.15, -0.1) is 0 Å². The number of rotatable bonds is 7. The summed E-state index contributed by atoms with van der Waals surface area (Å²) in [6, 6.07) is 27.7. The number of aryl methyl sites for hydroxylation is 1. The van der Waals surface area contributed by atoms with Crippen LogP contribution in [0.2, 0.25) is 0 Å². The number of fused-ring (bicyclic) bond motifs is 2. The molecule has 0 saturated carbocycles. The summed E-state index contributed by atoms with van der Waals surface area (Å²) < 4.78 is 5.71. The number of carbonyl (C=O) groups excluding carboxylic acids is 2. The molecule has 2 amide bonds. The first-order valence-corrected chi connectivity index (χ1v) is 15.0. The van der Waals surface area contributed by atoms with E-state index in [0.29, 0.717) is 12.3 Å². The smallest absolute Gasteiger partial charge is 0.262 e. The van der Waals surface area contributed by atoms with Gasteiger partial charge >= 0.3 is 0 Å². The Bertz CT molecular complexity index is 1680. The molecular weight excluding hydrogens is 538 g/mol. The fraction of sp³-hybridized carbons (Fsp3) is 0.257. The fourth-order valence-corrected chi connectivity index (χ4v) is 6.15. The Balaban J connectivity index is 0.971. The van der Waals surface area contributed by atoms with Crippen LogP contribution < -0.4 is 30.5 Å². The van der Waals surface area contributed by atoms with E-state index in [2.05, 4.69) is 33.0 Å². The third-order valence-corrected chi connectivity index (χ3v) is 8.41. The minimum Gasteiger partial charge on any atom is -0.484 e. The molecule has 0 aromatic heterocycles. The van der Waals surface area contributed by atoms with E-state index in [4.69, 9.17) is 4.74 Å². The summed E-state index contributed by atoms with van der Waals surface area (Å²) in [6.07, 6.45) is 3.63. The molecule has 1 saturated heterocycles. The number of carbonyl (C=O) groups is 2. The lowest BCUT2D eigenvalue weighted by Gasteiger charge is -2.29. The van der Waals surface area contributed by atoms with Crippen molar-refractivity contribution in [2.75, 3.05) is 45.4 Å². The van der Waals surface area contributed by atoms with Crippen LogP contribution in [0.1, 0.15) is 52.5 Å². The van der Waals surface area contributed by atoms with Gasteiger partial charge in [-0.1, -0.05) is 24.3 Å². The molecule has 1 atom stereocenters. The Kier molecular flexibility index (Phi) is 7.10. The van der Waals surface area contributed by atoms with Crippen LogP contribution in [0.4, 0.5) is 28.4 Å². The largest absolute Gasteiger partial charge is 0.484 e. The molecule has 4 aromatic carbocycles. The Morgan fingerprint density at radius 3 is 2.49 bits per heavy atom. The molecule has 0 bridgehead atoms. The van der Waals surface area contributed by atoms with Crippen molar-refractivity contribution in [2.24, 2.45) is 0 Å². The molecule has 8 heteroatoms. The van der Waals surface area contributed by atoms with Crippen LogP contribution in [-0.4, -0.2) is 31.5 Å². The minimum atomic E-state index is -0.206. The Labute approximate surface area is 251 Å². The number of piperidine rings is 1. The molecule has 218 valence electrons. The van der Waals surface area contributed by atoms with Crippen molar-refractivity contribution in [3.63, 3.8) is 0 Å². The number of ether oxygens (including phenoxy) is 1. The van der Waals surface area contributed by atoms with Crippen molar-refractivity contribution in [1.29, 1.82) is 0 Å². The zero-order valence-electron chi connectivity index (χ0n) is 24.2. The third-order valence-electron chi connectivity index (χ3n) is 8.41. The molecule has 3 aliphatic rings. The van der Waals surface area contributed by atoms with Crippen LogP contribution in [0.5, 0.6) is 5.75 Å². The monoisotopic (exact) mass is 573 g/mol. The van der Waals surface area contributed by atoms with E-state index in [1.54, 1.807) is 0 Å². The van der Waals surface area contributed by atoms with E-state index in [9.17, 15) is 9.59 Å². The van der Waals surface area contributed by atoms with E-state index in [0.717, 1.165) is 58.1 Å². The highest BCUT2D eigenvalue weighted by atomic mass is 16.5. The van der Waals surface area contributed by atoms with Crippen LogP contribution in [0.15, 0.2) is 84.9 Å². The quantitative estimate of drug-likeness (QED) is 0.228. The Morgan fingerprint density at radius 2 is 1.67 bits per heavy atom. The zero-order valence-corrected chi connectivity index (χ0v) is 24.2. The molecule has 43 heavy (non-hydrogen) atoms. The van der Waals surface area contributed by atoms with Gasteiger partial charge in [0.05, 0.1) is 17.9 Å². The predicted octanol–water partition coefficient (Wildman–Crippen LogP) is 6.70. The van der Waals surface area contributed by atoms with Crippen molar-refractivity contribution in [2.45, 2.75) is 38.9 Å². The molecule has 4 aromatic rings. The molecule has 0 aliphatic carbocycles. The molecule has 1 fully saturated rings. The summed E-state index contributed by atoms with van der Waals surface area (Å²) in [5.41, 5.74) is 8.78. The second-order valence-electron chi connectivity index (χ2n) is 11.5. The highest BCUT2D eigenvalue weighted by molar-refractivity contribution is 6.10. The number of anilines is 5. The van der Waals surface area contributed by atoms with Gasteiger partial charge in [0.2, 0.25) is 0 Å². The van der Waals surface area contributed by atoms with Crippen LogP contribution in [0.3, 0.4) is 0 Å². The van der Waals surface area contributed by atoms with Crippen molar-refractivity contribution in [1.82, 2.24) is 0 Å². The molecule has 0 spiro atoms. The Hall–Kier alpha value is -4.98. The van der Waals surface area contributed by atoms with E-state index in [1.165, 1.54) is 24.9 Å². The minimum absolute atomic E-state index is 0.0470. The summed E-state index contributed by atoms with van der Waals surface area (Å²) in [4.78, 5) is 29.9. The average molecular weight is 574 g/mol. The Morgan fingerprint density at radius 1 is 0.884 bits per heavy atom. The average Bonchev–Trinajstić information content (AvgIpc) is 3.61. The second kappa shape index (κ2) is 11.4. The highest BCUT2D eigenvalue weighted by Gasteiger charge is 2.31. The molecular formula is C35H35N5O3. The van der Waals surface area contributed by atoms with Gasteiger partial charge in [0.25, 0.3) is 11.8 Å². The maximum absolute atomic E-state index is 13.3. The van der Waals surface area contributed by atoms with E-state index in [-0.39, 0.29) is 24.6 Å². The number of nitrogens with one attached hydrogen (secondary N) is 3. The van der Waals surface area contributed by atoms with Gasteiger partial charge in [-0.05, 0) is 104 Å². The van der Waals surface area contributed by atoms with Crippen LogP contribution in [-0.2, 0) is 11.3 Å². The lowest BCUT2D eigenvalue weighted by Crippen LogP contribution is -2.29. The van der Waals surface area contributed by atoms with Crippen LogP contribution in [0, 0.1) is 6.92 Å². The number of benzene rings is 4. The van der Waals surface area contributed by atoms with E-state index < -0.39 is 0 Å². The summed E-state index contributed by atoms with van der Waals surface area (Å²) >= 11 is 0. The van der Waals surface area contributed by atoms with Gasteiger partial charge in [-0.2, -0.15) is 0 Å². The summed E-state index contributed by atoms with van der Waals surface area (Å²) in [6.45, 7) is 4.67. The van der Waals surface area contributed by atoms with Gasteiger partial charge in [0.1, 0.15) is 11.9 Å². The number of amides is 2. The number of nitrogens with zero attached hydrogens (tertiary/aromatic N) is 2. The first-order chi connectivity index (χ1) is 21.0. The topological polar surface area (TPSA) is 85.9 Å². The summed E-state index contributed by atoms with van der Waals surface area (Å²) in [5, 5.41) is 9.92. The predicted molar refractivity (Wildman–Crippen MR) is 171 cm³/mol. The lowest BCUT2D eigenvalue weighted by atomic mass is 10.1. The van der Waals surface area contributed by atoms with Gasteiger partial charge in [-0.25, -0.2) is 0 Å². The standard InChI is InChI=1S/C35H35N5O3/c1-23-6-5-7-26(18-23)36-33(41)22-43-29-12-8-24(9-13-29)34-37-31-15-11-28(20-32(31)38-34)40-21-25-19-27(10-14-30(25)35(40)42)39-16-3-2-4-17-39/h5-15,18-20,34,37-38H,2-4,16-17,21-22H2,1H3,(H,36,41). The maximum atomic E-state index is 13.3. The van der Waals surface area contributed by atoms with Crippen molar-refractivity contribution in [3.8, 4) is 5.75 Å². The van der Waals surface area contributed by atoms with Gasteiger partial charge < -0.3 is 30.5 Å². The normalized spacial score (nSPS) is 17.1. The second-order valence-corrected chi connectivity index (χ2v) is 11.5. The summed E-state index contributed by atoms with van der Waals surface area (Å²) in [7, 11) is 0. The fourth-order valence-electron chi connectivity index (χ4n) is 6.15. The molecule has 0 radical (unpaired) electrons. The molecule has 3 heterocycles. The SMILES string of the molecule is Cc1cccc(NC(=O)COc2ccc(C3Nc4ccc(N5Cc6cc(N7CCCCC7)ccc6C5=O)cc4N3)cc2)c1.